The summed E-state index contributed by atoms with van der Waals surface area (Å²) >= 11 is 0. The van der Waals surface area contributed by atoms with Crippen LogP contribution in [0.2, 0.25) is 0 Å². The van der Waals surface area contributed by atoms with E-state index >= 15 is 0 Å². The molecular formula is C14H20N4O. The highest BCUT2D eigenvalue weighted by Crippen LogP contribution is 2.30. The molecule has 2 fully saturated rings. The largest absolute Gasteiger partial charge is 0.371 e. The molecule has 0 aromatic carbocycles. The number of pyridine rings is 1. The van der Waals surface area contributed by atoms with Crippen LogP contribution in [0.5, 0.6) is 0 Å². The van der Waals surface area contributed by atoms with Crippen molar-refractivity contribution in [3.8, 4) is 0 Å². The average Bonchev–Trinajstić information content (AvgIpc) is 3.00. The number of hydrogen-bond acceptors (Lipinski definition) is 4. The second-order valence-corrected chi connectivity index (χ2v) is 5.34. The predicted molar refractivity (Wildman–Crippen MR) is 74.3 cm³/mol. The van der Waals surface area contributed by atoms with Gasteiger partial charge < -0.3 is 15.5 Å². The number of fused-ring (bicyclic) bond motifs is 1. The minimum absolute atomic E-state index is 0.0922. The van der Waals surface area contributed by atoms with Gasteiger partial charge in [-0.05, 0) is 30.9 Å². The van der Waals surface area contributed by atoms with Crippen molar-refractivity contribution in [2.24, 2.45) is 11.8 Å². The van der Waals surface area contributed by atoms with Crippen molar-refractivity contribution in [1.82, 2.24) is 15.6 Å². The van der Waals surface area contributed by atoms with Crippen LogP contribution in [-0.4, -0.2) is 43.6 Å². The maximum Gasteiger partial charge on any atom is 0.269 e. The Morgan fingerprint density at radius 3 is 2.89 bits per heavy atom. The summed E-state index contributed by atoms with van der Waals surface area (Å²) in [4.78, 5) is 18.3. The Hall–Kier alpha value is -1.62. The van der Waals surface area contributed by atoms with E-state index in [1.54, 1.807) is 6.20 Å². The lowest BCUT2D eigenvalue weighted by Crippen LogP contribution is -2.27. The van der Waals surface area contributed by atoms with Gasteiger partial charge in [-0.15, -0.1) is 0 Å². The van der Waals surface area contributed by atoms with Crippen molar-refractivity contribution < 1.29 is 4.79 Å². The van der Waals surface area contributed by atoms with Crippen molar-refractivity contribution >= 4 is 11.6 Å². The highest BCUT2D eigenvalue weighted by Gasteiger charge is 2.36. The van der Waals surface area contributed by atoms with Crippen molar-refractivity contribution in [1.29, 1.82) is 0 Å². The van der Waals surface area contributed by atoms with E-state index in [1.165, 1.54) is 0 Å². The van der Waals surface area contributed by atoms with Crippen LogP contribution in [0.4, 0.5) is 5.69 Å². The minimum Gasteiger partial charge on any atom is -0.371 e. The zero-order valence-corrected chi connectivity index (χ0v) is 11.2. The Bertz CT molecular complexity index is 464. The van der Waals surface area contributed by atoms with Crippen LogP contribution in [0.25, 0.3) is 0 Å². The molecule has 2 saturated heterocycles. The normalized spacial score (nSPS) is 25.4. The zero-order chi connectivity index (χ0) is 13.2. The van der Waals surface area contributed by atoms with Crippen LogP contribution in [0.15, 0.2) is 18.3 Å². The molecule has 0 saturated carbocycles. The van der Waals surface area contributed by atoms with Gasteiger partial charge in [-0.3, -0.25) is 9.78 Å². The van der Waals surface area contributed by atoms with Gasteiger partial charge >= 0.3 is 0 Å². The van der Waals surface area contributed by atoms with Crippen molar-refractivity contribution in [2.45, 2.75) is 6.92 Å². The van der Waals surface area contributed by atoms with Gasteiger partial charge in [0.2, 0.25) is 0 Å². The molecule has 0 bridgehead atoms. The smallest absolute Gasteiger partial charge is 0.269 e. The first-order valence-corrected chi connectivity index (χ1v) is 6.98. The third-order valence-electron chi connectivity index (χ3n) is 4.07. The van der Waals surface area contributed by atoms with Crippen LogP contribution in [0.3, 0.4) is 0 Å². The molecule has 2 atom stereocenters. The molecule has 102 valence electrons. The Balaban J connectivity index is 1.75. The Morgan fingerprint density at radius 1 is 1.47 bits per heavy atom. The van der Waals surface area contributed by atoms with Crippen LogP contribution in [0.1, 0.15) is 17.4 Å². The standard InChI is InChI=1S/C14H20N4O/c1-2-16-14(19)13-5-12(3-4-17-13)18-8-10-6-15-7-11(10)9-18/h3-5,10-11,15H,2,6-9H2,1H3,(H,16,19). The lowest BCUT2D eigenvalue weighted by atomic mass is 10.0. The molecule has 5 heteroatoms. The number of amides is 1. The predicted octanol–water partition coefficient (Wildman–Crippen LogP) is 0.487. The van der Waals surface area contributed by atoms with E-state index in [0.29, 0.717) is 12.2 Å². The molecule has 3 rings (SSSR count). The lowest BCUT2D eigenvalue weighted by molar-refractivity contribution is 0.0951. The number of aromatic nitrogens is 1. The van der Waals surface area contributed by atoms with E-state index in [2.05, 4.69) is 20.5 Å². The zero-order valence-electron chi connectivity index (χ0n) is 11.2. The molecule has 2 aliphatic heterocycles. The van der Waals surface area contributed by atoms with Gasteiger partial charge in [0.25, 0.3) is 5.91 Å². The first-order chi connectivity index (χ1) is 9.28. The van der Waals surface area contributed by atoms with Crippen molar-refractivity contribution in [3.63, 3.8) is 0 Å². The highest BCUT2D eigenvalue weighted by atomic mass is 16.1. The molecule has 0 spiro atoms. The van der Waals surface area contributed by atoms with E-state index in [0.717, 1.165) is 43.7 Å². The van der Waals surface area contributed by atoms with Gasteiger partial charge in [0.1, 0.15) is 5.69 Å². The number of carbonyl (C=O) groups is 1. The molecule has 1 aromatic heterocycles. The average molecular weight is 260 g/mol. The fourth-order valence-corrected chi connectivity index (χ4v) is 3.06. The molecule has 2 aliphatic rings. The monoisotopic (exact) mass is 260 g/mol. The number of rotatable bonds is 3. The Morgan fingerprint density at radius 2 is 2.21 bits per heavy atom. The van der Waals surface area contributed by atoms with Crippen LogP contribution < -0.4 is 15.5 Å². The topological polar surface area (TPSA) is 57.3 Å². The molecule has 0 aliphatic carbocycles. The highest BCUT2D eigenvalue weighted by molar-refractivity contribution is 5.93. The van der Waals surface area contributed by atoms with E-state index in [9.17, 15) is 4.79 Å². The second kappa shape index (κ2) is 5.17. The molecule has 1 aromatic rings. The summed E-state index contributed by atoms with van der Waals surface area (Å²) in [6.45, 7) is 6.94. The summed E-state index contributed by atoms with van der Waals surface area (Å²) in [5.74, 6) is 1.41. The van der Waals surface area contributed by atoms with Gasteiger partial charge in [0.05, 0.1) is 0 Å². The van der Waals surface area contributed by atoms with Gasteiger partial charge in [-0.2, -0.15) is 0 Å². The summed E-state index contributed by atoms with van der Waals surface area (Å²) in [6, 6.07) is 3.90. The summed E-state index contributed by atoms with van der Waals surface area (Å²) < 4.78 is 0. The maximum absolute atomic E-state index is 11.8. The summed E-state index contributed by atoms with van der Waals surface area (Å²) in [5.41, 5.74) is 1.63. The molecule has 5 nitrogen and oxygen atoms in total. The summed E-state index contributed by atoms with van der Waals surface area (Å²) in [5, 5.41) is 6.23. The van der Waals surface area contributed by atoms with Crippen LogP contribution in [-0.2, 0) is 0 Å². The number of anilines is 1. The van der Waals surface area contributed by atoms with Gasteiger partial charge in [-0.25, -0.2) is 0 Å². The SMILES string of the molecule is CCNC(=O)c1cc(N2CC3CNCC3C2)ccn1. The van der Waals surface area contributed by atoms with E-state index in [1.807, 2.05) is 19.1 Å². The summed E-state index contributed by atoms with van der Waals surface area (Å²) in [7, 11) is 0. The first-order valence-electron chi connectivity index (χ1n) is 6.98. The maximum atomic E-state index is 11.8. The van der Waals surface area contributed by atoms with Gasteiger partial charge in [0, 0.05) is 44.6 Å². The number of carbonyl (C=O) groups excluding carboxylic acids is 1. The third-order valence-corrected chi connectivity index (χ3v) is 4.07. The first kappa shape index (κ1) is 12.4. The van der Waals surface area contributed by atoms with E-state index < -0.39 is 0 Å². The number of hydrogen-bond donors (Lipinski definition) is 2. The van der Waals surface area contributed by atoms with Crippen LogP contribution >= 0.6 is 0 Å². The molecule has 2 unspecified atom stereocenters. The fraction of sp³-hybridized carbons (Fsp3) is 0.571. The van der Waals surface area contributed by atoms with Gasteiger partial charge in [0.15, 0.2) is 0 Å². The molecular weight excluding hydrogens is 240 g/mol. The quantitative estimate of drug-likeness (QED) is 0.830. The molecule has 19 heavy (non-hydrogen) atoms. The third kappa shape index (κ3) is 2.42. The molecule has 2 N–H and O–H groups in total. The minimum atomic E-state index is -0.0922. The van der Waals surface area contributed by atoms with E-state index in [4.69, 9.17) is 0 Å². The fourth-order valence-electron chi connectivity index (χ4n) is 3.06. The molecule has 0 radical (unpaired) electrons. The van der Waals surface area contributed by atoms with E-state index in [-0.39, 0.29) is 5.91 Å². The Labute approximate surface area is 113 Å². The summed E-state index contributed by atoms with van der Waals surface area (Å²) in [6.07, 6.45) is 1.73. The lowest BCUT2D eigenvalue weighted by Gasteiger charge is -2.20. The van der Waals surface area contributed by atoms with Crippen LogP contribution in [0, 0.1) is 11.8 Å². The molecule has 1 amide bonds. The van der Waals surface area contributed by atoms with Gasteiger partial charge in [-0.1, -0.05) is 0 Å². The second-order valence-electron chi connectivity index (χ2n) is 5.34. The van der Waals surface area contributed by atoms with Crippen molar-refractivity contribution in [3.05, 3.63) is 24.0 Å². The van der Waals surface area contributed by atoms with Crippen molar-refractivity contribution in [2.75, 3.05) is 37.6 Å². The number of nitrogens with one attached hydrogen (secondary N) is 2. The number of nitrogens with zero attached hydrogens (tertiary/aromatic N) is 2. The Kier molecular flexibility index (Phi) is 3.38. The molecule has 3 heterocycles.